The number of aryl methyl sites for hydroxylation is 1. The zero-order valence-corrected chi connectivity index (χ0v) is 14.3. The van der Waals surface area contributed by atoms with Gasteiger partial charge in [-0.15, -0.1) is 0 Å². The summed E-state index contributed by atoms with van der Waals surface area (Å²) in [6.45, 7) is 0.161. The van der Waals surface area contributed by atoms with Crippen LogP contribution in [0.25, 0.3) is 0 Å². The van der Waals surface area contributed by atoms with Gasteiger partial charge < -0.3 is 40.1 Å². The minimum Gasteiger partial charge on any atom is -0.394 e. The van der Waals surface area contributed by atoms with Crippen LogP contribution in [-0.2, 0) is 9.47 Å². The van der Waals surface area contributed by atoms with Gasteiger partial charge in [-0.1, -0.05) is 0 Å². The molecule has 0 spiro atoms. The van der Waals surface area contributed by atoms with Crippen LogP contribution in [0.4, 0.5) is 0 Å². The minimum absolute atomic E-state index is 0.0998. The summed E-state index contributed by atoms with van der Waals surface area (Å²) in [5, 5.41) is 58.4. The smallest absolute Gasteiger partial charge is 0.335 e. The molecule has 2 saturated heterocycles. The lowest BCUT2D eigenvalue weighted by atomic mass is 10.1. The van der Waals surface area contributed by atoms with Gasteiger partial charge in [0.15, 0.2) is 12.5 Å². The molecule has 12 heteroatoms. The summed E-state index contributed by atoms with van der Waals surface area (Å²) < 4.78 is 12.0. The van der Waals surface area contributed by atoms with Gasteiger partial charge >= 0.3 is 5.69 Å². The van der Waals surface area contributed by atoms with E-state index in [1.165, 1.54) is 6.92 Å². The highest BCUT2D eigenvalue weighted by molar-refractivity contribution is 5.05. The zero-order chi connectivity index (χ0) is 20.0. The summed E-state index contributed by atoms with van der Waals surface area (Å²) in [4.78, 5) is 25.3. The van der Waals surface area contributed by atoms with Gasteiger partial charge in [0.05, 0.1) is 13.2 Å². The number of aliphatic hydroxyl groups excluding tert-OH is 6. The molecule has 6 N–H and O–H groups in total. The largest absolute Gasteiger partial charge is 0.394 e. The fraction of sp³-hybridized carbons (Fsp3) is 0.733. The SMILES string of the molecule is Cc1cc(=O)n([C@H]2O[C@H](CO)[C@@H](O)[C@@H]2O)c(=O)n1[C@H]1O[C@H](CO)[C@@H](O)[C@@H]1O. The zero-order valence-electron chi connectivity index (χ0n) is 14.3. The van der Waals surface area contributed by atoms with Crippen molar-refractivity contribution >= 4 is 0 Å². The van der Waals surface area contributed by atoms with Crippen molar-refractivity contribution in [3.8, 4) is 0 Å². The summed E-state index contributed by atoms with van der Waals surface area (Å²) in [7, 11) is 0. The Labute approximate surface area is 152 Å². The summed E-state index contributed by atoms with van der Waals surface area (Å²) in [5.41, 5.74) is -1.76. The van der Waals surface area contributed by atoms with Crippen LogP contribution in [0.2, 0.25) is 0 Å². The molecule has 1 aromatic heterocycles. The van der Waals surface area contributed by atoms with Crippen molar-refractivity contribution in [1.29, 1.82) is 0 Å². The number of rotatable bonds is 4. The number of aliphatic hydroxyl groups is 6. The molecule has 3 rings (SSSR count). The molecular formula is C15H22N2O10. The molecule has 2 fully saturated rings. The first kappa shape index (κ1) is 20.1. The highest BCUT2D eigenvalue weighted by Gasteiger charge is 2.47. The Balaban J connectivity index is 2.08. The molecule has 1 aromatic rings. The van der Waals surface area contributed by atoms with Crippen molar-refractivity contribution in [2.24, 2.45) is 0 Å². The van der Waals surface area contributed by atoms with E-state index in [0.717, 1.165) is 10.6 Å². The molecule has 12 nitrogen and oxygen atoms in total. The topological polar surface area (TPSA) is 184 Å². The summed E-state index contributed by atoms with van der Waals surface area (Å²) >= 11 is 0. The van der Waals surface area contributed by atoms with Crippen molar-refractivity contribution < 1.29 is 40.1 Å². The Bertz CT molecular complexity index is 807. The fourth-order valence-corrected chi connectivity index (χ4v) is 3.41. The third-order valence-corrected chi connectivity index (χ3v) is 4.91. The molecule has 0 aromatic carbocycles. The van der Waals surface area contributed by atoms with Crippen molar-refractivity contribution in [2.75, 3.05) is 13.2 Å². The molecule has 0 saturated carbocycles. The van der Waals surface area contributed by atoms with E-state index >= 15 is 0 Å². The molecule has 2 aliphatic heterocycles. The van der Waals surface area contributed by atoms with E-state index in [-0.39, 0.29) is 5.69 Å². The molecule has 0 radical (unpaired) electrons. The van der Waals surface area contributed by atoms with Crippen LogP contribution in [0.3, 0.4) is 0 Å². The van der Waals surface area contributed by atoms with E-state index in [2.05, 4.69) is 0 Å². The van der Waals surface area contributed by atoms with E-state index < -0.39 is 73.5 Å². The van der Waals surface area contributed by atoms with Crippen LogP contribution in [0, 0.1) is 6.92 Å². The highest BCUT2D eigenvalue weighted by atomic mass is 16.6. The van der Waals surface area contributed by atoms with Gasteiger partial charge in [0.1, 0.15) is 36.6 Å². The van der Waals surface area contributed by atoms with E-state index in [1.54, 1.807) is 0 Å². The van der Waals surface area contributed by atoms with Crippen LogP contribution in [0.15, 0.2) is 15.7 Å². The first-order valence-electron chi connectivity index (χ1n) is 8.32. The van der Waals surface area contributed by atoms with Crippen LogP contribution in [0.5, 0.6) is 0 Å². The molecule has 0 bridgehead atoms. The predicted molar refractivity (Wildman–Crippen MR) is 85.7 cm³/mol. The van der Waals surface area contributed by atoms with E-state index in [1.807, 2.05) is 0 Å². The van der Waals surface area contributed by atoms with Crippen LogP contribution in [-0.4, -0.2) is 89.6 Å². The quantitative estimate of drug-likeness (QED) is 0.293. The Kier molecular flexibility index (Phi) is 5.52. The van der Waals surface area contributed by atoms with Gasteiger partial charge in [-0.2, -0.15) is 0 Å². The number of nitrogens with zero attached hydrogens (tertiary/aromatic N) is 2. The summed E-state index contributed by atoms with van der Waals surface area (Å²) in [5.74, 6) is 0. The average molecular weight is 390 g/mol. The first-order chi connectivity index (χ1) is 12.7. The van der Waals surface area contributed by atoms with Crippen molar-refractivity contribution in [3.05, 3.63) is 32.6 Å². The molecule has 27 heavy (non-hydrogen) atoms. The Hall–Kier alpha value is -1.64. The fourth-order valence-electron chi connectivity index (χ4n) is 3.41. The number of aromatic nitrogens is 2. The molecule has 2 aliphatic rings. The van der Waals surface area contributed by atoms with E-state index in [4.69, 9.17) is 9.47 Å². The predicted octanol–water partition coefficient (Wildman–Crippen LogP) is -4.46. The Morgan fingerprint density at radius 3 is 1.70 bits per heavy atom. The number of ether oxygens (including phenoxy) is 2. The van der Waals surface area contributed by atoms with Gasteiger partial charge in [0.25, 0.3) is 5.56 Å². The second-order valence-electron chi connectivity index (χ2n) is 6.60. The molecule has 3 heterocycles. The van der Waals surface area contributed by atoms with Crippen molar-refractivity contribution in [1.82, 2.24) is 9.13 Å². The van der Waals surface area contributed by atoms with Crippen LogP contribution >= 0.6 is 0 Å². The average Bonchev–Trinajstić information content (AvgIpc) is 3.06. The lowest BCUT2D eigenvalue weighted by Gasteiger charge is -2.24. The lowest BCUT2D eigenvalue weighted by Crippen LogP contribution is -2.48. The molecule has 8 atom stereocenters. The van der Waals surface area contributed by atoms with Gasteiger partial charge in [-0.3, -0.25) is 9.36 Å². The van der Waals surface area contributed by atoms with Crippen LogP contribution in [0.1, 0.15) is 18.1 Å². The second-order valence-corrected chi connectivity index (χ2v) is 6.60. The maximum absolute atomic E-state index is 12.9. The summed E-state index contributed by atoms with van der Waals surface area (Å²) in [6, 6.07) is 1.03. The first-order valence-corrected chi connectivity index (χ1v) is 8.32. The Morgan fingerprint density at radius 2 is 1.30 bits per heavy atom. The van der Waals surface area contributed by atoms with E-state index in [9.17, 15) is 40.2 Å². The molecule has 0 unspecified atom stereocenters. The normalized spacial score (nSPS) is 39.2. The molecular weight excluding hydrogens is 368 g/mol. The minimum atomic E-state index is -1.66. The molecule has 0 aliphatic carbocycles. The van der Waals surface area contributed by atoms with Crippen LogP contribution < -0.4 is 11.2 Å². The van der Waals surface area contributed by atoms with Gasteiger partial charge in [-0.05, 0) is 6.92 Å². The maximum Gasteiger partial charge on any atom is 0.335 e. The standard InChI is InChI=1S/C15H22N2O10/c1-5-2-8(20)17(14-12(24)10(22)7(4-19)27-14)15(25)16(5)13-11(23)9(21)6(3-18)26-13/h2,6-7,9-14,18-19,21-24H,3-4H2,1H3/t6-,7-,9-,10-,11+,12+,13+,14+/m1/s1. The van der Waals surface area contributed by atoms with Crippen molar-refractivity contribution in [3.63, 3.8) is 0 Å². The van der Waals surface area contributed by atoms with Crippen molar-refractivity contribution in [2.45, 2.75) is 56.0 Å². The molecule has 0 amide bonds. The third kappa shape index (κ3) is 3.13. The van der Waals surface area contributed by atoms with Gasteiger partial charge in [-0.25, -0.2) is 9.36 Å². The maximum atomic E-state index is 12.9. The highest BCUT2D eigenvalue weighted by Crippen LogP contribution is 2.30. The number of hydrogen-bond donors (Lipinski definition) is 6. The van der Waals surface area contributed by atoms with E-state index in [0.29, 0.717) is 4.57 Å². The molecule has 152 valence electrons. The van der Waals surface area contributed by atoms with Gasteiger partial charge in [0, 0.05) is 11.8 Å². The second kappa shape index (κ2) is 7.41. The third-order valence-electron chi connectivity index (χ3n) is 4.91. The summed E-state index contributed by atoms with van der Waals surface area (Å²) in [6.07, 6.45) is -11.5. The lowest BCUT2D eigenvalue weighted by molar-refractivity contribution is -0.0691. The monoisotopic (exact) mass is 390 g/mol. The Morgan fingerprint density at radius 1 is 0.852 bits per heavy atom. The van der Waals surface area contributed by atoms with Gasteiger partial charge in [0.2, 0.25) is 0 Å². The number of hydrogen-bond acceptors (Lipinski definition) is 10.